The molecule has 4 aromatic rings. The zero-order valence-corrected chi connectivity index (χ0v) is 17.1. The first-order chi connectivity index (χ1) is 15.7. The van der Waals surface area contributed by atoms with Gasteiger partial charge in [-0.05, 0) is 35.7 Å². The Morgan fingerprint density at radius 1 is 1.16 bits per heavy atom. The smallest absolute Gasteiger partial charge is 0.254 e. The van der Waals surface area contributed by atoms with E-state index in [2.05, 4.69) is 26.7 Å². The van der Waals surface area contributed by atoms with E-state index >= 15 is 0 Å². The monoisotopic (exact) mass is 429 g/mol. The number of rotatable bonds is 4. The molecule has 2 aliphatic heterocycles. The van der Waals surface area contributed by atoms with Gasteiger partial charge in [0.1, 0.15) is 17.3 Å². The van der Waals surface area contributed by atoms with Gasteiger partial charge in [-0.2, -0.15) is 0 Å². The summed E-state index contributed by atoms with van der Waals surface area (Å²) in [5.41, 5.74) is 5.54. The molecule has 2 N–H and O–H groups in total. The topological polar surface area (TPSA) is 80.6 Å². The molecule has 2 aliphatic rings. The molecule has 0 unspecified atom stereocenters. The van der Waals surface area contributed by atoms with Crippen molar-refractivity contribution in [3.63, 3.8) is 0 Å². The maximum absolute atomic E-state index is 13.6. The molecule has 0 saturated carbocycles. The van der Waals surface area contributed by atoms with Crippen molar-refractivity contribution in [1.29, 1.82) is 0 Å². The number of hydrogen-bond acceptors (Lipinski definition) is 5. The van der Waals surface area contributed by atoms with Gasteiger partial charge < -0.3 is 15.4 Å². The molecule has 5 heterocycles. The van der Waals surface area contributed by atoms with Crippen molar-refractivity contribution in [3.05, 3.63) is 77.5 Å². The highest BCUT2D eigenvalue weighted by Gasteiger charge is 2.27. The molecule has 3 aromatic heterocycles. The second-order valence-electron chi connectivity index (χ2n) is 8.08. The number of nitrogens with zero attached hydrogens (tertiary/aromatic N) is 3. The summed E-state index contributed by atoms with van der Waals surface area (Å²) in [7, 11) is 0. The summed E-state index contributed by atoms with van der Waals surface area (Å²) in [4.78, 5) is 21.5. The number of anilines is 2. The number of halogens is 1. The standard InChI is InChI=1S/C24H20FN5O2/c25-16-5-7-30-20(12-27-22(30)9-16)17-2-3-19(23-18(17)11-28-24(23)31)29-21-4-1-14(10-26-21)15-6-8-32-13-15/h1-5,7,9-10,12,15H,6,8,11,13H2,(H,26,29)(H,28,31)/t15-/m0/s1. The van der Waals surface area contributed by atoms with Crippen LogP contribution in [0.15, 0.2) is 55.0 Å². The summed E-state index contributed by atoms with van der Waals surface area (Å²) in [6.07, 6.45) is 6.23. The Morgan fingerprint density at radius 2 is 2.09 bits per heavy atom. The lowest BCUT2D eigenvalue weighted by molar-refractivity contribution is 0.0966. The van der Waals surface area contributed by atoms with Crippen LogP contribution < -0.4 is 10.6 Å². The Balaban J connectivity index is 1.36. The highest BCUT2D eigenvalue weighted by Crippen LogP contribution is 2.35. The Bertz CT molecular complexity index is 1340. The van der Waals surface area contributed by atoms with E-state index in [0.717, 1.165) is 42.0 Å². The molecule has 8 heteroatoms. The maximum Gasteiger partial charge on any atom is 0.254 e. The SMILES string of the molecule is O=C1NCc2c(-c3cnc4cc(F)ccn34)ccc(Nc3ccc([C@H]4CCOC4)cn3)c21. The van der Waals surface area contributed by atoms with E-state index in [9.17, 15) is 9.18 Å². The van der Waals surface area contributed by atoms with Gasteiger partial charge in [-0.25, -0.2) is 14.4 Å². The molecule has 7 nitrogen and oxygen atoms in total. The largest absolute Gasteiger partial charge is 0.381 e. The van der Waals surface area contributed by atoms with Crippen LogP contribution in [0.5, 0.6) is 0 Å². The number of ether oxygens (including phenoxy) is 1. The van der Waals surface area contributed by atoms with Crippen LogP contribution >= 0.6 is 0 Å². The van der Waals surface area contributed by atoms with Crippen LogP contribution in [0.25, 0.3) is 16.9 Å². The Labute approximate surface area is 183 Å². The molecule has 160 valence electrons. The predicted octanol–water partition coefficient (Wildman–Crippen LogP) is 4.03. The van der Waals surface area contributed by atoms with Crippen molar-refractivity contribution in [3.8, 4) is 11.3 Å². The average Bonchev–Trinajstić information content (AvgIpc) is 3.55. The number of pyridine rings is 2. The summed E-state index contributed by atoms with van der Waals surface area (Å²) in [6, 6.07) is 10.6. The molecule has 0 spiro atoms. The summed E-state index contributed by atoms with van der Waals surface area (Å²) >= 11 is 0. The van der Waals surface area contributed by atoms with E-state index in [4.69, 9.17) is 4.74 Å². The van der Waals surface area contributed by atoms with E-state index in [0.29, 0.717) is 35.2 Å². The molecule has 1 atom stereocenters. The van der Waals surface area contributed by atoms with Crippen LogP contribution in [0, 0.1) is 5.82 Å². The second kappa shape index (κ2) is 7.42. The third-order valence-corrected chi connectivity index (χ3v) is 6.17. The van der Waals surface area contributed by atoms with E-state index < -0.39 is 0 Å². The van der Waals surface area contributed by atoms with Gasteiger partial charge in [0.05, 0.1) is 29.7 Å². The highest BCUT2D eigenvalue weighted by molar-refractivity contribution is 6.06. The van der Waals surface area contributed by atoms with Gasteiger partial charge >= 0.3 is 0 Å². The predicted molar refractivity (Wildman–Crippen MR) is 117 cm³/mol. The summed E-state index contributed by atoms with van der Waals surface area (Å²) in [5.74, 6) is 0.594. The van der Waals surface area contributed by atoms with E-state index in [1.165, 1.54) is 12.1 Å². The van der Waals surface area contributed by atoms with Crippen LogP contribution in [0.2, 0.25) is 0 Å². The second-order valence-corrected chi connectivity index (χ2v) is 8.08. The fraction of sp³-hybridized carbons (Fsp3) is 0.208. The molecule has 0 radical (unpaired) electrons. The Kier molecular flexibility index (Phi) is 4.39. The number of carbonyl (C=O) groups is 1. The molecule has 0 aliphatic carbocycles. The van der Waals surface area contributed by atoms with Crippen LogP contribution in [-0.4, -0.2) is 33.5 Å². The molecule has 1 saturated heterocycles. The van der Waals surface area contributed by atoms with Gasteiger partial charge in [0.2, 0.25) is 0 Å². The lowest BCUT2D eigenvalue weighted by Crippen LogP contribution is -2.13. The first-order valence-corrected chi connectivity index (χ1v) is 10.5. The molecule has 1 fully saturated rings. The van der Waals surface area contributed by atoms with Crippen LogP contribution in [0.1, 0.15) is 33.8 Å². The number of nitrogens with one attached hydrogen (secondary N) is 2. The molecule has 32 heavy (non-hydrogen) atoms. The van der Waals surface area contributed by atoms with E-state index in [1.54, 1.807) is 12.4 Å². The van der Waals surface area contributed by atoms with Gasteiger partial charge in [0.25, 0.3) is 5.91 Å². The van der Waals surface area contributed by atoms with E-state index in [-0.39, 0.29) is 11.7 Å². The van der Waals surface area contributed by atoms with Crippen molar-refractivity contribution < 1.29 is 13.9 Å². The van der Waals surface area contributed by atoms with E-state index in [1.807, 2.05) is 28.8 Å². The fourth-order valence-corrected chi connectivity index (χ4v) is 4.50. The molecule has 0 bridgehead atoms. The van der Waals surface area contributed by atoms with Crippen molar-refractivity contribution in [2.75, 3.05) is 18.5 Å². The Morgan fingerprint density at radius 3 is 2.91 bits per heavy atom. The van der Waals surface area contributed by atoms with Crippen molar-refractivity contribution >= 4 is 23.1 Å². The number of carbonyl (C=O) groups excluding carboxylic acids is 1. The Hall–Kier alpha value is -3.78. The molecular formula is C24H20FN5O2. The molecule has 1 aromatic carbocycles. The minimum absolute atomic E-state index is 0.135. The van der Waals surface area contributed by atoms with Crippen LogP contribution in [-0.2, 0) is 11.3 Å². The quantitative estimate of drug-likeness (QED) is 0.512. The van der Waals surface area contributed by atoms with Gasteiger partial charge in [0, 0.05) is 43.1 Å². The molecule has 6 rings (SSSR count). The molecular weight excluding hydrogens is 409 g/mol. The van der Waals surface area contributed by atoms with Gasteiger partial charge in [-0.3, -0.25) is 9.20 Å². The lowest BCUT2D eigenvalue weighted by atomic mass is 9.99. The maximum atomic E-state index is 13.6. The summed E-state index contributed by atoms with van der Waals surface area (Å²) in [6.45, 7) is 1.95. The minimum Gasteiger partial charge on any atom is -0.381 e. The number of aromatic nitrogens is 3. The minimum atomic E-state index is -0.338. The van der Waals surface area contributed by atoms with Crippen molar-refractivity contribution in [2.24, 2.45) is 0 Å². The average molecular weight is 429 g/mol. The first-order valence-electron chi connectivity index (χ1n) is 10.5. The third-order valence-electron chi connectivity index (χ3n) is 6.17. The lowest BCUT2D eigenvalue weighted by Gasteiger charge is -2.14. The summed E-state index contributed by atoms with van der Waals surface area (Å²) < 4.78 is 20.8. The third kappa shape index (κ3) is 3.11. The van der Waals surface area contributed by atoms with Crippen LogP contribution in [0.3, 0.4) is 0 Å². The zero-order chi connectivity index (χ0) is 21.7. The number of benzene rings is 1. The van der Waals surface area contributed by atoms with Gasteiger partial charge in [0.15, 0.2) is 0 Å². The van der Waals surface area contributed by atoms with Crippen molar-refractivity contribution in [1.82, 2.24) is 19.7 Å². The number of fused-ring (bicyclic) bond motifs is 2. The fourth-order valence-electron chi connectivity index (χ4n) is 4.50. The number of amides is 1. The van der Waals surface area contributed by atoms with Crippen molar-refractivity contribution in [2.45, 2.75) is 18.9 Å². The summed E-state index contributed by atoms with van der Waals surface area (Å²) in [5, 5.41) is 6.21. The zero-order valence-electron chi connectivity index (χ0n) is 17.1. The number of hydrogen-bond donors (Lipinski definition) is 2. The molecule has 1 amide bonds. The van der Waals surface area contributed by atoms with Gasteiger partial charge in [-0.1, -0.05) is 12.1 Å². The highest BCUT2D eigenvalue weighted by atomic mass is 19.1. The number of imidazole rings is 1. The van der Waals surface area contributed by atoms with Gasteiger partial charge in [-0.15, -0.1) is 0 Å². The first kappa shape index (κ1) is 18.9. The van der Waals surface area contributed by atoms with Crippen LogP contribution in [0.4, 0.5) is 15.9 Å². The normalized spacial score (nSPS) is 17.5.